The number of aliphatic carboxylic acids is 1. The van der Waals surface area contributed by atoms with Crippen LogP contribution in [0.1, 0.15) is 12.0 Å². The molecule has 5 nitrogen and oxygen atoms in total. The van der Waals surface area contributed by atoms with E-state index < -0.39 is 17.0 Å². The van der Waals surface area contributed by atoms with Gasteiger partial charge in [-0.15, -0.1) is 11.8 Å². The number of anilines is 1. The molecular weight excluding hydrogens is 425 g/mol. The Hall–Kier alpha value is -2.06. The number of carboxylic acids is 1. The quantitative estimate of drug-likeness (QED) is 0.759. The van der Waals surface area contributed by atoms with E-state index in [2.05, 4.69) is 15.9 Å². The molecule has 1 aliphatic rings. The minimum atomic E-state index is -1.06. The van der Waals surface area contributed by atoms with Gasteiger partial charge in [0.25, 0.3) is 0 Å². The van der Waals surface area contributed by atoms with Gasteiger partial charge in [0, 0.05) is 14.9 Å². The number of carbonyl (C=O) groups is 2. The first-order valence-corrected chi connectivity index (χ1v) is 9.38. The lowest BCUT2D eigenvalue weighted by atomic mass is 10.1. The third-order valence-electron chi connectivity index (χ3n) is 3.97. The van der Waals surface area contributed by atoms with Crippen molar-refractivity contribution in [2.24, 2.45) is 0 Å². The fraction of sp³-hybridized carbons (Fsp3) is 0.222. The van der Waals surface area contributed by atoms with Crippen molar-refractivity contribution in [3.63, 3.8) is 0 Å². The van der Waals surface area contributed by atoms with Crippen LogP contribution in [-0.4, -0.2) is 29.3 Å². The summed E-state index contributed by atoms with van der Waals surface area (Å²) in [6, 6.07) is 9.84. The van der Waals surface area contributed by atoms with E-state index in [0.717, 1.165) is 4.90 Å². The van der Waals surface area contributed by atoms with Crippen molar-refractivity contribution in [3.05, 3.63) is 52.3 Å². The molecule has 1 atom stereocenters. The Morgan fingerprint density at radius 2 is 2.12 bits per heavy atom. The summed E-state index contributed by atoms with van der Waals surface area (Å²) in [7, 11) is 1.53. The van der Waals surface area contributed by atoms with E-state index in [-0.39, 0.29) is 18.9 Å². The average molecular weight is 440 g/mol. The van der Waals surface area contributed by atoms with Gasteiger partial charge in [0.1, 0.15) is 11.6 Å². The summed E-state index contributed by atoms with van der Waals surface area (Å²) in [5.74, 6) is -1.24. The van der Waals surface area contributed by atoms with Crippen molar-refractivity contribution < 1.29 is 23.8 Å². The first-order valence-electron chi connectivity index (χ1n) is 7.71. The summed E-state index contributed by atoms with van der Waals surface area (Å²) in [5, 5.41) is 8.34. The Labute approximate surface area is 162 Å². The molecule has 0 fully saturated rings. The highest BCUT2D eigenvalue weighted by Crippen LogP contribution is 2.43. The molecule has 8 heteroatoms. The minimum Gasteiger partial charge on any atom is -0.497 e. The van der Waals surface area contributed by atoms with Crippen LogP contribution in [0.5, 0.6) is 5.75 Å². The normalized spacial score (nSPS) is 16.3. The van der Waals surface area contributed by atoms with Gasteiger partial charge in [0.2, 0.25) is 5.91 Å². The van der Waals surface area contributed by atoms with Crippen LogP contribution < -0.4 is 9.64 Å². The molecule has 1 unspecified atom stereocenters. The topological polar surface area (TPSA) is 66.8 Å². The molecule has 1 amide bonds. The van der Waals surface area contributed by atoms with Crippen LogP contribution in [0.15, 0.2) is 45.8 Å². The molecule has 1 N–H and O–H groups in total. The number of methoxy groups -OCH3 is 1. The maximum absolute atomic E-state index is 14.2. The molecular formula is C18H15BrFNO4S. The number of carbonyl (C=O) groups excluding carboxylic acids is 1. The van der Waals surface area contributed by atoms with E-state index in [1.165, 1.54) is 29.8 Å². The number of fused-ring (bicyclic) bond motifs is 1. The van der Waals surface area contributed by atoms with Gasteiger partial charge in [0.15, 0.2) is 0 Å². The van der Waals surface area contributed by atoms with Crippen molar-refractivity contribution in [2.45, 2.75) is 23.1 Å². The minimum absolute atomic E-state index is 0.0218. The summed E-state index contributed by atoms with van der Waals surface area (Å²) < 4.78 is 20.1. The van der Waals surface area contributed by atoms with E-state index in [9.17, 15) is 14.0 Å². The first-order chi connectivity index (χ1) is 12.4. The van der Waals surface area contributed by atoms with Crippen molar-refractivity contribution in [3.8, 4) is 5.75 Å². The lowest BCUT2D eigenvalue weighted by molar-refractivity contribution is -0.138. The molecule has 136 valence electrons. The van der Waals surface area contributed by atoms with Gasteiger partial charge < -0.3 is 14.7 Å². The van der Waals surface area contributed by atoms with Crippen LogP contribution in [-0.2, 0) is 16.1 Å². The SMILES string of the molecule is COc1ccc2c(c1)SC(CC(=O)O)C(=O)N2Cc1ccc(Br)cc1F. The summed E-state index contributed by atoms with van der Waals surface area (Å²) >= 11 is 4.40. The van der Waals surface area contributed by atoms with Crippen LogP contribution in [0.2, 0.25) is 0 Å². The second-order valence-electron chi connectivity index (χ2n) is 5.70. The molecule has 26 heavy (non-hydrogen) atoms. The first kappa shape index (κ1) is 18.7. The molecule has 2 aromatic rings. The van der Waals surface area contributed by atoms with Gasteiger partial charge in [-0.25, -0.2) is 4.39 Å². The van der Waals surface area contributed by atoms with Gasteiger partial charge >= 0.3 is 5.97 Å². The Balaban J connectivity index is 2.00. The lowest BCUT2D eigenvalue weighted by Gasteiger charge is -2.33. The third kappa shape index (κ3) is 3.86. The molecule has 1 aliphatic heterocycles. The smallest absolute Gasteiger partial charge is 0.305 e. The molecule has 0 aromatic heterocycles. The number of nitrogens with zero attached hydrogens (tertiary/aromatic N) is 1. The van der Waals surface area contributed by atoms with E-state index in [4.69, 9.17) is 9.84 Å². The summed E-state index contributed by atoms with van der Waals surface area (Å²) in [6.07, 6.45) is -0.306. The number of rotatable bonds is 5. The molecule has 0 saturated carbocycles. The molecule has 2 aromatic carbocycles. The van der Waals surface area contributed by atoms with Gasteiger partial charge in [-0.3, -0.25) is 9.59 Å². The fourth-order valence-electron chi connectivity index (χ4n) is 2.71. The van der Waals surface area contributed by atoms with Crippen LogP contribution in [0, 0.1) is 5.82 Å². The van der Waals surface area contributed by atoms with Crippen molar-refractivity contribution in [1.82, 2.24) is 0 Å². The highest BCUT2D eigenvalue weighted by molar-refractivity contribution is 9.10. The van der Waals surface area contributed by atoms with Crippen LogP contribution in [0.25, 0.3) is 0 Å². The van der Waals surface area contributed by atoms with E-state index >= 15 is 0 Å². The molecule has 0 aliphatic carbocycles. The highest BCUT2D eigenvalue weighted by Gasteiger charge is 2.35. The predicted molar refractivity (Wildman–Crippen MR) is 100 cm³/mol. The number of benzene rings is 2. The van der Waals surface area contributed by atoms with Gasteiger partial charge in [-0.1, -0.05) is 22.0 Å². The Morgan fingerprint density at radius 3 is 2.77 bits per heavy atom. The van der Waals surface area contributed by atoms with Crippen molar-refractivity contribution in [2.75, 3.05) is 12.0 Å². The number of thioether (sulfide) groups is 1. The lowest BCUT2D eigenvalue weighted by Crippen LogP contribution is -2.41. The standard InChI is InChI=1S/C18H15BrFNO4S/c1-25-12-4-5-14-15(7-12)26-16(8-17(22)23)18(24)21(14)9-10-2-3-11(19)6-13(10)20/h2-7,16H,8-9H2,1H3,(H,22,23). The second kappa shape index (κ2) is 7.67. The summed E-state index contributed by atoms with van der Waals surface area (Å²) in [4.78, 5) is 26.1. The maximum atomic E-state index is 14.2. The van der Waals surface area contributed by atoms with Crippen LogP contribution >= 0.6 is 27.7 Å². The maximum Gasteiger partial charge on any atom is 0.305 e. The largest absolute Gasteiger partial charge is 0.497 e. The zero-order chi connectivity index (χ0) is 18.8. The van der Waals surface area contributed by atoms with Crippen LogP contribution in [0.3, 0.4) is 0 Å². The molecule has 3 rings (SSSR count). The zero-order valence-electron chi connectivity index (χ0n) is 13.7. The predicted octanol–water partition coefficient (Wildman–Crippen LogP) is 4.08. The van der Waals surface area contributed by atoms with Crippen molar-refractivity contribution >= 4 is 45.3 Å². The van der Waals surface area contributed by atoms with Gasteiger partial charge in [-0.2, -0.15) is 0 Å². The van der Waals surface area contributed by atoms with E-state index in [1.54, 1.807) is 30.3 Å². The number of halogens is 2. The highest BCUT2D eigenvalue weighted by atomic mass is 79.9. The van der Waals surface area contributed by atoms with Gasteiger partial charge in [-0.05, 0) is 30.3 Å². The molecule has 0 saturated heterocycles. The van der Waals surface area contributed by atoms with E-state index in [0.29, 0.717) is 21.5 Å². The second-order valence-corrected chi connectivity index (χ2v) is 7.86. The number of ether oxygens (including phenoxy) is 1. The van der Waals surface area contributed by atoms with E-state index in [1.807, 2.05) is 0 Å². The fourth-order valence-corrected chi connectivity index (χ4v) is 4.28. The third-order valence-corrected chi connectivity index (χ3v) is 5.70. The van der Waals surface area contributed by atoms with Crippen LogP contribution in [0.4, 0.5) is 10.1 Å². The molecule has 0 bridgehead atoms. The zero-order valence-corrected chi connectivity index (χ0v) is 16.1. The number of hydrogen-bond donors (Lipinski definition) is 1. The molecule has 0 radical (unpaired) electrons. The monoisotopic (exact) mass is 439 g/mol. The Morgan fingerprint density at radius 1 is 1.35 bits per heavy atom. The molecule has 0 spiro atoms. The summed E-state index contributed by atoms with van der Waals surface area (Å²) in [5.41, 5.74) is 0.967. The Kier molecular flexibility index (Phi) is 5.52. The van der Waals surface area contributed by atoms with Gasteiger partial charge in [0.05, 0.1) is 31.0 Å². The Bertz CT molecular complexity index is 876. The number of hydrogen-bond acceptors (Lipinski definition) is 4. The molecule has 1 heterocycles. The summed E-state index contributed by atoms with van der Waals surface area (Å²) in [6.45, 7) is 0.0218. The number of carboxylic acid groups (broad SMARTS) is 1. The number of amides is 1. The average Bonchev–Trinajstić information content (AvgIpc) is 2.59. The van der Waals surface area contributed by atoms with Crippen molar-refractivity contribution in [1.29, 1.82) is 0 Å².